The van der Waals surface area contributed by atoms with E-state index in [0.29, 0.717) is 5.92 Å². The molecular formula is C13H14BrNS. The van der Waals surface area contributed by atoms with Crippen LogP contribution in [0, 0.1) is 0 Å². The van der Waals surface area contributed by atoms with Crippen molar-refractivity contribution in [1.29, 1.82) is 0 Å². The highest BCUT2D eigenvalue weighted by molar-refractivity contribution is 9.08. The van der Waals surface area contributed by atoms with Gasteiger partial charge in [-0.2, -0.15) is 0 Å². The van der Waals surface area contributed by atoms with Crippen LogP contribution in [-0.4, -0.2) is 4.98 Å². The molecule has 1 nitrogen and oxygen atoms in total. The van der Waals surface area contributed by atoms with Gasteiger partial charge < -0.3 is 0 Å². The summed E-state index contributed by atoms with van der Waals surface area (Å²) in [5.74, 6) is 0.487. The SMILES string of the molecule is CC(C)c1nc(-c2ccccc2)sc1CBr. The van der Waals surface area contributed by atoms with Crippen LogP contribution in [0.15, 0.2) is 30.3 Å². The minimum Gasteiger partial charge on any atom is -0.241 e. The van der Waals surface area contributed by atoms with Crippen molar-refractivity contribution in [2.24, 2.45) is 0 Å². The fourth-order valence-electron chi connectivity index (χ4n) is 1.61. The number of thiazole rings is 1. The number of rotatable bonds is 3. The molecule has 0 unspecified atom stereocenters. The first-order valence-corrected chi connectivity index (χ1v) is 7.27. The van der Waals surface area contributed by atoms with E-state index < -0.39 is 0 Å². The van der Waals surface area contributed by atoms with E-state index >= 15 is 0 Å². The van der Waals surface area contributed by atoms with Gasteiger partial charge in [-0.05, 0) is 5.92 Å². The van der Waals surface area contributed by atoms with Gasteiger partial charge in [0, 0.05) is 15.8 Å². The summed E-state index contributed by atoms with van der Waals surface area (Å²) in [6.07, 6.45) is 0. The standard InChI is InChI=1S/C13H14BrNS/c1-9(2)12-11(8-14)16-13(15-12)10-6-4-3-5-7-10/h3-7,9H,8H2,1-2H3. The van der Waals surface area contributed by atoms with Crippen LogP contribution in [-0.2, 0) is 5.33 Å². The lowest BCUT2D eigenvalue weighted by molar-refractivity contribution is 0.825. The van der Waals surface area contributed by atoms with E-state index in [1.165, 1.54) is 16.1 Å². The Bertz CT molecular complexity index is 462. The first-order valence-electron chi connectivity index (χ1n) is 5.33. The number of benzene rings is 1. The Morgan fingerprint density at radius 1 is 1.25 bits per heavy atom. The van der Waals surface area contributed by atoms with Crippen LogP contribution in [0.4, 0.5) is 0 Å². The fraction of sp³-hybridized carbons (Fsp3) is 0.308. The average Bonchev–Trinajstić information content (AvgIpc) is 2.74. The van der Waals surface area contributed by atoms with E-state index in [4.69, 9.17) is 4.98 Å². The molecule has 0 atom stereocenters. The van der Waals surface area contributed by atoms with E-state index in [0.717, 1.165) is 10.3 Å². The largest absolute Gasteiger partial charge is 0.241 e. The fourth-order valence-corrected chi connectivity index (χ4v) is 3.32. The number of aromatic nitrogens is 1. The number of alkyl halides is 1. The molecule has 0 aliphatic carbocycles. The summed E-state index contributed by atoms with van der Waals surface area (Å²) in [7, 11) is 0. The minimum atomic E-state index is 0.487. The molecule has 1 heterocycles. The maximum atomic E-state index is 4.74. The third-order valence-electron chi connectivity index (χ3n) is 2.42. The maximum absolute atomic E-state index is 4.74. The molecular weight excluding hydrogens is 282 g/mol. The summed E-state index contributed by atoms with van der Waals surface area (Å²) in [5, 5.41) is 2.02. The van der Waals surface area contributed by atoms with Crippen molar-refractivity contribution < 1.29 is 0 Å². The quantitative estimate of drug-likeness (QED) is 0.739. The monoisotopic (exact) mass is 295 g/mol. The third-order valence-corrected chi connectivity index (χ3v) is 4.47. The predicted molar refractivity (Wildman–Crippen MR) is 74.3 cm³/mol. The van der Waals surface area contributed by atoms with Gasteiger partial charge in [-0.3, -0.25) is 0 Å². The molecule has 0 aliphatic heterocycles. The molecule has 2 rings (SSSR count). The molecule has 0 saturated carbocycles. The number of halogens is 1. The molecule has 1 aromatic heterocycles. The number of nitrogens with zero attached hydrogens (tertiary/aromatic N) is 1. The summed E-state index contributed by atoms with van der Waals surface area (Å²) in [6, 6.07) is 10.4. The lowest BCUT2D eigenvalue weighted by Crippen LogP contribution is -1.91. The first-order chi connectivity index (χ1) is 7.72. The van der Waals surface area contributed by atoms with Gasteiger partial charge >= 0.3 is 0 Å². The molecule has 84 valence electrons. The second-order valence-corrected chi connectivity index (χ2v) is 5.63. The van der Waals surface area contributed by atoms with Crippen molar-refractivity contribution in [3.8, 4) is 10.6 Å². The van der Waals surface area contributed by atoms with Crippen LogP contribution in [0.3, 0.4) is 0 Å². The van der Waals surface area contributed by atoms with Crippen LogP contribution in [0.5, 0.6) is 0 Å². The molecule has 0 saturated heterocycles. The molecule has 0 spiro atoms. The molecule has 0 fully saturated rings. The smallest absolute Gasteiger partial charge is 0.123 e. The van der Waals surface area contributed by atoms with Crippen LogP contribution in [0.25, 0.3) is 10.6 Å². The summed E-state index contributed by atoms with van der Waals surface area (Å²) in [5.41, 5.74) is 2.43. The van der Waals surface area contributed by atoms with Gasteiger partial charge in [-0.15, -0.1) is 11.3 Å². The Kier molecular flexibility index (Phi) is 3.77. The Morgan fingerprint density at radius 3 is 2.44 bits per heavy atom. The van der Waals surface area contributed by atoms with Crippen LogP contribution in [0.1, 0.15) is 30.3 Å². The second-order valence-electron chi connectivity index (χ2n) is 3.98. The number of hydrogen-bond donors (Lipinski definition) is 0. The molecule has 0 aliphatic rings. The highest BCUT2D eigenvalue weighted by Gasteiger charge is 2.13. The van der Waals surface area contributed by atoms with Gasteiger partial charge in [0.15, 0.2) is 0 Å². The van der Waals surface area contributed by atoms with Gasteiger partial charge in [0.25, 0.3) is 0 Å². The van der Waals surface area contributed by atoms with E-state index in [2.05, 4.69) is 54.0 Å². The Balaban J connectivity index is 2.44. The summed E-state index contributed by atoms with van der Waals surface area (Å²) in [6.45, 7) is 4.38. The van der Waals surface area contributed by atoms with Crippen molar-refractivity contribution in [3.63, 3.8) is 0 Å². The van der Waals surface area contributed by atoms with Crippen LogP contribution in [0.2, 0.25) is 0 Å². The summed E-state index contributed by atoms with van der Waals surface area (Å²) in [4.78, 5) is 6.08. The van der Waals surface area contributed by atoms with Crippen molar-refractivity contribution in [2.75, 3.05) is 0 Å². The molecule has 0 amide bonds. The summed E-state index contributed by atoms with van der Waals surface area (Å²) < 4.78 is 0. The zero-order chi connectivity index (χ0) is 11.5. The van der Waals surface area contributed by atoms with Crippen molar-refractivity contribution in [1.82, 2.24) is 4.98 Å². The zero-order valence-electron chi connectivity index (χ0n) is 9.40. The maximum Gasteiger partial charge on any atom is 0.123 e. The lowest BCUT2D eigenvalue weighted by atomic mass is 10.1. The Labute approximate surface area is 109 Å². The summed E-state index contributed by atoms with van der Waals surface area (Å²) >= 11 is 5.32. The molecule has 3 heteroatoms. The Hall–Kier alpha value is -0.670. The van der Waals surface area contributed by atoms with Gasteiger partial charge in [0.2, 0.25) is 0 Å². The minimum absolute atomic E-state index is 0.487. The first kappa shape index (κ1) is 11.8. The molecule has 1 aromatic carbocycles. The van der Waals surface area contributed by atoms with Gasteiger partial charge in [-0.1, -0.05) is 60.1 Å². The second kappa shape index (κ2) is 5.11. The molecule has 2 aromatic rings. The number of hydrogen-bond acceptors (Lipinski definition) is 2. The predicted octanol–water partition coefficient (Wildman–Crippen LogP) is 4.83. The lowest BCUT2D eigenvalue weighted by Gasteiger charge is -2.01. The van der Waals surface area contributed by atoms with Gasteiger partial charge in [0.1, 0.15) is 5.01 Å². The van der Waals surface area contributed by atoms with Crippen molar-refractivity contribution in [3.05, 3.63) is 40.9 Å². The molecule has 0 bridgehead atoms. The van der Waals surface area contributed by atoms with Crippen molar-refractivity contribution >= 4 is 27.3 Å². The van der Waals surface area contributed by atoms with E-state index in [1.54, 1.807) is 11.3 Å². The van der Waals surface area contributed by atoms with Gasteiger partial charge in [0.05, 0.1) is 5.69 Å². The van der Waals surface area contributed by atoms with Crippen molar-refractivity contribution in [2.45, 2.75) is 25.1 Å². The zero-order valence-corrected chi connectivity index (χ0v) is 11.8. The van der Waals surface area contributed by atoms with E-state index in [-0.39, 0.29) is 0 Å². The highest BCUT2D eigenvalue weighted by Crippen LogP contribution is 2.32. The van der Waals surface area contributed by atoms with Crippen LogP contribution >= 0.6 is 27.3 Å². The average molecular weight is 296 g/mol. The third kappa shape index (κ3) is 2.36. The topological polar surface area (TPSA) is 12.9 Å². The van der Waals surface area contributed by atoms with E-state index in [1.807, 2.05) is 6.07 Å². The Morgan fingerprint density at radius 2 is 1.94 bits per heavy atom. The molecule has 0 radical (unpaired) electrons. The molecule has 0 N–H and O–H groups in total. The normalized spacial score (nSPS) is 11.0. The highest BCUT2D eigenvalue weighted by atomic mass is 79.9. The van der Waals surface area contributed by atoms with Gasteiger partial charge in [-0.25, -0.2) is 4.98 Å². The van der Waals surface area contributed by atoms with E-state index in [9.17, 15) is 0 Å². The van der Waals surface area contributed by atoms with Crippen LogP contribution < -0.4 is 0 Å². The molecule has 16 heavy (non-hydrogen) atoms.